The molecule has 0 radical (unpaired) electrons. The predicted octanol–water partition coefficient (Wildman–Crippen LogP) is -7.51. The highest BCUT2D eigenvalue weighted by Crippen LogP contribution is 1.64. The maximum atomic E-state index is 2.19. The van der Waals surface area contributed by atoms with E-state index < -0.39 is 0 Å². The lowest BCUT2D eigenvalue weighted by molar-refractivity contribution is -0.00100. The van der Waals surface area contributed by atoms with Crippen molar-refractivity contribution in [2.45, 2.75) is 0 Å². The fraction of sp³-hybridized carbons (Fsp3) is 1.00. The van der Waals surface area contributed by atoms with Crippen LogP contribution in [0.4, 0.5) is 0 Å². The molecule has 0 nitrogen and oxygen atoms in total. The SMILES string of the molecule is C[S+](C)C.C[S+](C)C.C[S+](C)C.[Br-].[Cl-].[I-]. The van der Waals surface area contributed by atoms with Crippen molar-refractivity contribution in [2.24, 2.45) is 0 Å². The van der Waals surface area contributed by atoms with Gasteiger partial charge in [-0.05, 0) is 32.7 Å². The molecule has 0 spiro atoms. The fourth-order valence-electron chi connectivity index (χ4n) is 0. The van der Waals surface area contributed by atoms with Crippen LogP contribution in [0.25, 0.3) is 0 Å². The van der Waals surface area contributed by atoms with Crippen molar-refractivity contribution in [3.05, 3.63) is 0 Å². The van der Waals surface area contributed by atoms with E-state index in [4.69, 9.17) is 0 Å². The van der Waals surface area contributed by atoms with Crippen LogP contribution >= 0.6 is 0 Å². The lowest BCUT2D eigenvalue weighted by Crippen LogP contribution is -3.00. The maximum Gasteiger partial charge on any atom is 0.0969 e. The second-order valence-corrected chi connectivity index (χ2v) is 11.0. The Balaban J connectivity index is -0.0000000184. The van der Waals surface area contributed by atoms with Crippen molar-refractivity contribution in [2.75, 3.05) is 56.3 Å². The van der Waals surface area contributed by atoms with Crippen LogP contribution in [0.1, 0.15) is 0 Å². The van der Waals surface area contributed by atoms with Gasteiger partial charge < -0.3 is 53.4 Å². The van der Waals surface area contributed by atoms with Crippen LogP contribution in [-0.4, -0.2) is 56.3 Å². The van der Waals surface area contributed by atoms with Crippen molar-refractivity contribution in [1.29, 1.82) is 0 Å². The van der Waals surface area contributed by atoms with Crippen molar-refractivity contribution >= 4 is 32.7 Å². The van der Waals surface area contributed by atoms with E-state index in [1.54, 1.807) is 0 Å². The van der Waals surface area contributed by atoms with E-state index in [9.17, 15) is 0 Å². The summed E-state index contributed by atoms with van der Waals surface area (Å²) in [6.45, 7) is 0. The molecule has 0 atom stereocenters. The van der Waals surface area contributed by atoms with Crippen molar-refractivity contribution in [3.63, 3.8) is 0 Å². The van der Waals surface area contributed by atoms with Gasteiger partial charge >= 0.3 is 0 Å². The van der Waals surface area contributed by atoms with Crippen LogP contribution in [-0.2, 0) is 32.7 Å². The Kier molecular flexibility index (Phi) is 72.1. The van der Waals surface area contributed by atoms with Gasteiger partial charge in [0.25, 0.3) is 0 Å². The molecule has 102 valence electrons. The topological polar surface area (TPSA) is 0 Å². The Morgan fingerprint density at radius 3 is 0.467 bits per heavy atom. The van der Waals surface area contributed by atoms with Gasteiger partial charge in [-0.3, -0.25) is 0 Å². The molecule has 15 heavy (non-hydrogen) atoms. The van der Waals surface area contributed by atoms with Gasteiger partial charge in [-0.15, -0.1) is 0 Å². The molecule has 0 saturated heterocycles. The van der Waals surface area contributed by atoms with Crippen LogP contribution in [0, 0.1) is 0 Å². The zero-order chi connectivity index (χ0) is 10.7. The first-order valence-corrected chi connectivity index (χ1v) is 11.0. The molecule has 0 amide bonds. The van der Waals surface area contributed by atoms with Crippen LogP contribution in [0.2, 0.25) is 0 Å². The Hall–Kier alpha value is 2.55. The summed E-state index contributed by atoms with van der Waals surface area (Å²) in [5, 5.41) is 0. The average Bonchev–Trinajstić information content (AvgIpc) is 1.54. The van der Waals surface area contributed by atoms with Gasteiger partial charge in [-0.25, -0.2) is 0 Å². The Morgan fingerprint density at radius 2 is 0.467 bits per heavy atom. The third kappa shape index (κ3) is 539. The van der Waals surface area contributed by atoms with Gasteiger partial charge in [0.15, 0.2) is 0 Å². The molecule has 0 N–H and O–H groups in total. The molecule has 0 unspecified atom stereocenters. The van der Waals surface area contributed by atoms with E-state index in [0.29, 0.717) is 32.7 Å². The minimum absolute atomic E-state index is 0. The summed E-state index contributed by atoms with van der Waals surface area (Å²) in [5.74, 6) is 0. The Bertz CT molecular complexity index is 53.8. The lowest BCUT2D eigenvalue weighted by atomic mass is 11.9. The van der Waals surface area contributed by atoms with Crippen molar-refractivity contribution in [1.82, 2.24) is 0 Å². The number of rotatable bonds is 0. The van der Waals surface area contributed by atoms with E-state index in [1.807, 2.05) is 0 Å². The molecule has 0 aromatic rings. The molecule has 6 heteroatoms. The first-order chi connectivity index (χ1) is 5.20. The minimum atomic E-state index is 0. The standard InChI is InChI=1S/3C3H9S.BrH.ClH.HI/c3*1-4(2)3;;;/h3*1-3H3;3*1H/q3*+1;;;/p-3. The first-order valence-electron chi connectivity index (χ1n) is 3.67. The van der Waals surface area contributed by atoms with Gasteiger partial charge in [0, 0.05) is 0 Å². The quantitative estimate of drug-likeness (QED) is 0.242. The average molecular weight is 474 g/mol. The summed E-state index contributed by atoms with van der Waals surface area (Å²) in [6.07, 6.45) is 19.8. The summed E-state index contributed by atoms with van der Waals surface area (Å²) < 4.78 is 0. The summed E-state index contributed by atoms with van der Waals surface area (Å²) >= 11 is 0. The molecule has 0 aliphatic heterocycles. The van der Waals surface area contributed by atoms with E-state index >= 15 is 0 Å². The molecule has 0 saturated carbocycles. The van der Waals surface area contributed by atoms with Crippen LogP contribution in [0.5, 0.6) is 0 Å². The molecule has 0 bridgehead atoms. The number of halogens is 3. The molecule has 0 heterocycles. The van der Waals surface area contributed by atoms with Crippen molar-refractivity contribution < 1.29 is 53.4 Å². The van der Waals surface area contributed by atoms with Crippen molar-refractivity contribution in [3.8, 4) is 0 Å². The third-order valence-electron chi connectivity index (χ3n) is 0. The molecule has 0 aromatic heterocycles. The highest BCUT2D eigenvalue weighted by atomic mass is 127. The summed E-state index contributed by atoms with van der Waals surface area (Å²) in [7, 11) is 1.92. The van der Waals surface area contributed by atoms with Crippen LogP contribution < -0.4 is 53.4 Å². The molecular weight excluding hydrogens is 447 g/mol. The molecule has 0 aliphatic carbocycles. The normalized spacial score (nSPS) is 7.20. The van der Waals surface area contributed by atoms with Crippen LogP contribution in [0.15, 0.2) is 0 Å². The highest BCUT2D eigenvalue weighted by Gasteiger charge is 1.78. The first kappa shape index (κ1) is 36.0. The highest BCUT2D eigenvalue weighted by molar-refractivity contribution is 7.95. The van der Waals surface area contributed by atoms with Gasteiger partial charge in [-0.1, -0.05) is 0 Å². The summed E-state index contributed by atoms with van der Waals surface area (Å²) in [6, 6.07) is 0. The smallest absolute Gasteiger partial charge is 0.0969 e. The van der Waals surface area contributed by atoms with Gasteiger partial charge in [0.05, 0.1) is 56.3 Å². The Labute approximate surface area is 141 Å². The van der Waals surface area contributed by atoms with E-state index in [-0.39, 0.29) is 53.4 Å². The lowest BCUT2D eigenvalue weighted by Gasteiger charge is -1.69. The van der Waals surface area contributed by atoms with E-state index in [1.165, 1.54) is 0 Å². The number of hydrogen-bond donors (Lipinski definition) is 0. The zero-order valence-electron chi connectivity index (χ0n) is 11.4. The van der Waals surface area contributed by atoms with E-state index in [0.717, 1.165) is 0 Å². The summed E-state index contributed by atoms with van der Waals surface area (Å²) in [5.41, 5.74) is 0. The van der Waals surface area contributed by atoms with Crippen LogP contribution in [0.3, 0.4) is 0 Å². The molecular formula is C9H27BrClIS3. The van der Waals surface area contributed by atoms with Gasteiger partial charge in [-0.2, -0.15) is 0 Å². The minimum Gasteiger partial charge on any atom is -1.00 e. The second-order valence-electron chi connectivity index (χ2n) is 3.67. The second kappa shape index (κ2) is 30.0. The molecule has 0 aliphatic rings. The van der Waals surface area contributed by atoms with Gasteiger partial charge in [0.2, 0.25) is 0 Å². The molecule has 0 fully saturated rings. The third-order valence-corrected chi connectivity index (χ3v) is 0. The fourth-order valence-corrected chi connectivity index (χ4v) is 0. The summed E-state index contributed by atoms with van der Waals surface area (Å²) in [4.78, 5) is 0. The monoisotopic (exact) mass is 472 g/mol. The maximum absolute atomic E-state index is 2.19. The zero-order valence-corrected chi connectivity index (χ0v) is 18.3. The van der Waals surface area contributed by atoms with E-state index in [2.05, 4.69) is 56.3 Å². The largest absolute Gasteiger partial charge is 1.00 e. The number of hydrogen-bond acceptors (Lipinski definition) is 0. The molecule has 0 aromatic carbocycles. The molecule has 0 rings (SSSR count). The predicted molar refractivity (Wildman–Crippen MR) is 75.4 cm³/mol. The van der Waals surface area contributed by atoms with Gasteiger partial charge in [0.1, 0.15) is 0 Å². The Morgan fingerprint density at radius 1 is 0.467 bits per heavy atom.